The summed E-state index contributed by atoms with van der Waals surface area (Å²) in [7, 11) is 1.63. The lowest BCUT2D eigenvalue weighted by Gasteiger charge is -2.09. The molecule has 0 radical (unpaired) electrons. The van der Waals surface area contributed by atoms with Crippen molar-refractivity contribution < 1.29 is 9.53 Å². The molecule has 29 heavy (non-hydrogen) atoms. The van der Waals surface area contributed by atoms with Crippen LogP contribution >= 0.6 is 0 Å². The molecule has 1 heterocycles. The Hall–Kier alpha value is -3.08. The molecule has 0 bridgehead atoms. The highest BCUT2D eigenvalue weighted by Gasteiger charge is 2.18. The van der Waals surface area contributed by atoms with E-state index in [0.717, 1.165) is 42.0 Å². The minimum atomic E-state index is -0.112. The second kappa shape index (κ2) is 9.41. The maximum absolute atomic E-state index is 12.9. The van der Waals surface area contributed by atoms with Gasteiger partial charge in [0.15, 0.2) is 0 Å². The summed E-state index contributed by atoms with van der Waals surface area (Å²) in [6.45, 7) is 6.99. The summed E-state index contributed by atoms with van der Waals surface area (Å²) in [5.41, 5.74) is 5.56. The van der Waals surface area contributed by atoms with Crippen LogP contribution in [-0.2, 0) is 0 Å². The third-order valence-electron chi connectivity index (χ3n) is 5.13. The number of carbonyl (C=O) groups is 1. The number of amides is 1. The van der Waals surface area contributed by atoms with Crippen molar-refractivity contribution in [3.63, 3.8) is 0 Å². The lowest BCUT2D eigenvalue weighted by atomic mass is 10.0. The molecule has 0 aliphatic heterocycles. The van der Waals surface area contributed by atoms with Crippen LogP contribution in [0.25, 0.3) is 16.9 Å². The van der Waals surface area contributed by atoms with E-state index in [1.54, 1.807) is 11.8 Å². The number of aromatic nitrogens is 2. The first kappa shape index (κ1) is 20.6. The van der Waals surface area contributed by atoms with Crippen LogP contribution in [0.2, 0.25) is 0 Å². The van der Waals surface area contributed by atoms with Crippen LogP contribution < -0.4 is 10.1 Å². The van der Waals surface area contributed by atoms with Crippen molar-refractivity contribution in [1.29, 1.82) is 0 Å². The Bertz CT molecular complexity index is 974. The Balaban J connectivity index is 1.97. The standard InChI is InChI=1S/C24H29N3O2/c1-5-6-7-14-25-24(28)23-16-22(19-9-8-17(2)18(3)15-19)26-27(23)20-10-12-21(29-4)13-11-20/h8-13,15-16H,5-7,14H2,1-4H3,(H,25,28). The van der Waals surface area contributed by atoms with E-state index in [9.17, 15) is 4.79 Å². The number of methoxy groups -OCH3 is 1. The predicted molar refractivity (Wildman–Crippen MR) is 117 cm³/mol. The van der Waals surface area contributed by atoms with Gasteiger partial charge in [0.1, 0.15) is 11.4 Å². The molecule has 0 atom stereocenters. The Kier molecular flexibility index (Phi) is 6.70. The van der Waals surface area contributed by atoms with Gasteiger partial charge in [-0.3, -0.25) is 4.79 Å². The molecule has 0 saturated heterocycles. The lowest BCUT2D eigenvalue weighted by Crippen LogP contribution is -2.26. The second-order valence-corrected chi connectivity index (χ2v) is 7.29. The Labute approximate surface area is 172 Å². The molecule has 3 aromatic rings. The minimum absolute atomic E-state index is 0.112. The van der Waals surface area contributed by atoms with Gasteiger partial charge >= 0.3 is 0 Å². The zero-order valence-corrected chi connectivity index (χ0v) is 17.7. The highest BCUT2D eigenvalue weighted by molar-refractivity contribution is 5.94. The van der Waals surface area contributed by atoms with E-state index >= 15 is 0 Å². The summed E-state index contributed by atoms with van der Waals surface area (Å²) in [6, 6.07) is 15.7. The molecule has 1 amide bonds. The number of benzene rings is 2. The molecule has 0 saturated carbocycles. The van der Waals surface area contributed by atoms with Gasteiger partial charge in [0.25, 0.3) is 5.91 Å². The van der Waals surface area contributed by atoms with Crippen LogP contribution in [0.15, 0.2) is 48.5 Å². The van der Waals surface area contributed by atoms with Gasteiger partial charge in [0.2, 0.25) is 0 Å². The molecule has 0 aliphatic rings. The molecule has 3 rings (SSSR count). The predicted octanol–water partition coefficient (Wildman–Crippen LogP) is 5.08. The fourth-order valence-electron chi connectivity index (χ4n) is 3.17. The Morgan fingerprint density at radius 3 is 2.45 bits per heavy atom. The van der Waals surface area contributed by atoms with Gasteiger partial charge < -0.3 is 10.1 Å². The Morgan fingerprint density at radius 2 is 1.79 bits per heavy atom. The normalized spacial score (nSPS) is 10.8. The van der Waals surface area contributed by atoms with Gasteiger partial charge in [-0.25, -0.2) is 4.68 Å². The summed E-state index contributed by atoms with van der Waals surface area (Å²) < 4.78 is 6.96. The number of unbranched alkanes of at least 4 members (excludes halogenated alkanes) is 2. The first-order chi connectivity index (χ1) is 14.0. The van der Waals surface area contributed by atoms with Crippen molar-refractivity contribution in [1.82, 2.24) is 15.1 Å². The van der Waals surface area contributed by atoms with E-state index in [4.69, 9.17) is 9.84 Å². The number of nitrogens with one attached hydrogen (secondary N) is 1. The number of nitrogens with zero attached hydrogens (tertiary/aromatic N) is 2. The number of carbonyl (C=O) groups excluding carboxylic acids is 1. The highest BCUT2D eigenvalue weighted by Crippen LogP contribution is 2.25. The molecule has 0 spiro atoms. The van der Waals surface area contributed by atoms with Crippen molar-refractivity contribution in [2.45, 2.75) is 40.0 Å². The molecular formula is C24H29N3O2. The zero-order valence-electron chi connectivity index (χ0n) is 17.7. The van der Waals surface area contributed by atoms with Gasteiger partial charge in [-0.2, -0.15) is 5.10 Å². The quantitative estimate of drug-likeness (QED) is 0.545. The Morgan fingerprint density at radius 1 is 1.03 bits per heavy atom. The summed E-state index contributed by atoms with van der Waals surface area (Å²) in [4.78, 5) is 12.9. The van der Waals surface area contributed by atoms with Gasteiger partial charge in [-0.15, -0.1) is 0 Å². The van der Waals surface area contributed by atoms with Gasteiger partial charge in [-0.05, 0) is 67.8 Å². The molecule has 5 nitrogen and oxygen atoms in total. The zero-order chi connectivity index (χ0) is 20.8. The maximum Gasteiger partial charge on any atom is 0.270 e. The SMILES string of the molecule is CCCCCNC(=O)c1cc(-c2ccc(C)c(C)c2)nn1-c1ccc(OC)cc1. The summed E-state index contributed by atoms with van der Waals surface area (Å²) in [5.74, 6) is 0.653. The molecule has 152 valence electrons. The van der Waals surface area contributed by atoms with Crippen molar-refractivity contribution in [3.8, 4) is 22.7 Å². The molecule has 1 N–H and O–H groups in total. The van der Waals surface area contributed by atoms with E-state index in [1.807, 2.05) is 36.4 Å². The van der Waals surface area contributed by atoms with Gasteiger partial charge in [0.05, 0.1) is 18.5 Å². The van der Waals surface area contributed by atoms with E-state index < -0.39 is 0 Å². The minimum Gasteiger partial charge on any atom is -0.497 e. The van der Waals surface area contributed by atoms with E-state index in [1.165, 1.54) is 11.1 Å². The average Bonchev–Trinajstić information content (AvgIpc) is 3.18. The third-order valence-corrected chi connectivity index (χ3v) is 5.13. The van der Waals surface area contributed by atoms with Crippen LogP contribution in [0, 0.1) is 13.8 Å². The monoisotopic (exact) mass is 391 g/mol. The van der Waals surface area contributed by atoms with Gasteiger partial charge in [0, 0.05) is 12.1 Å². The maximum atomic E-state index is 12.9. The number of hydrogen-bond acceptors (Lipinski definition) is 3. The van der Waals surface area contributed by atoms with Crippen LogP contribution in [0.3, 0.4) is 0 Å². The van der Waals surface area contributed by atoms with E-state index in [2.05, 4.69) is 38.2 Å². The smallest absolute Gasteiger partial charge is 0.270 e. The van der Waals surface area contributed by atoms with Crippen molar-refractivity contribution in [3.05, 3.63) is 65.4 Å². The molecule has 0 aliphatic carbocycles. The largest absolute Gasteiger partial charge is 0.497 e. The molecule has 2 aromatic carbocycles. The van der Waals surface area contributed by atoms with Crippen molar-refractivity contribution in [2.24, 2.45) is 0 Å². The fourth-order valence-corrected chi connectivity index (χ4v) is 3.17. The van der Waals surface area contributed by atoms with Crippen LogP contribution in [0.5, 0.6) is 5.75 Å². The molecule has 5 heteroatoms. The third kappa shape index (κ3) is 4.86. The van der Waals surface area contributed by atoms with Crippen LogP contribution in [-0.4, -0.2) is 29.3 Å². The number of aryl methyl sites for hydroxylation is 2. The molecule has 0 unspecified atom stereocenters. The second-order valence-electron chi connectivity index (χ2n) is 7.29. The number of rotatable bonds is 8. The molecule has 0 fully saturated rings. The first-order valence-electron chi connectivity index (χ1n) is 10.1. The molecular weight excluding hydrogens is 362 g/mol. The van der Waals surface area contributed by atoms with Crippen molar-refractivity contribution in [2.75, 3.05) is 13.7 Å². The fraction of sp³-hybridized carbons (Fsp3) is 0.333. The van der Waals surface area contributed by atoms with E-state index in [0.29, 0.717) is 12.2 Å². The molecule has 1 aromatic heterocycles. The number of ether oxygens (including phenoxy) is 1. The summed E-state index contributed by atoms with van der Waals surface area (Å²) in [6.07, 6.45) is 3.20. The topological polar surface area (TPSA) is 56.2 Å². The summed E-state index contributed by atoms with van der Waals surface area (Å²) >= 11 is 0. The highest BCUT2D eigenvalue weighted by atomic mass is 16.5. The average molecular weight is 392 g/mol. The summed E-state index contributed by atoms with van der Waals surface area (Å²) in [5, 5.41) is 7.78. The van der Waals surface area contributed by atoms with Crippen LogP contribution in [0.1, 0.15) is 47.8 Å². The van der Waals surface area contributed by atoms with Gasteiger partial charge in [-0.1, -0.05) is 31.9 Å². The first-order valence-corrected chi connectivity index (χ1v) is 10.1. The lowest BCUT2D eigenvalue weighted by molar-refractivity contribution is 0.0945. The van der Waals surface area contributed by atoms with Crippen molar-refractivity contribution >= 4 is 5.91 Å². The van der Waals surface area contributed by atoms with Crippen LogP contribution in [0.4, 0.5) is 0 Å². The van der Waals surface area contributed by atoms with E-state index in [-0.39, 0.29) is 5.91 Å². The number of hydrogen-bond donors (Lipinski definition) is 1.